The van der Waals surface area contributed by atoms with E-state index in [0.717, 1.165) is 30.4 Å². The largest absolute Gasteiger partial charge is 0.379 e. The zero-order valence-electron chi connectivity index (χ0n) is 8.60. The summed E-state index contributed by atoms with van der Waals surface area (Å²) >= 11 is 1.76. The van der Waals surface area contributed by atoms with Gasteiger partial charge in [-0.2, -0.15) is 11.8 Å². The maximum atomic E-state index is 13.3. The van der Waals surface area contributed by atoms with Crippen LogP contribution in [0.4, 0.5) is 18.9 Å². The monoisotopic (exact) mass is 247 g/mol. The van der Waals surface area contributed by atoms with Crippen LogP contribution >= 0.6 is 11.8 Å². The van der Waals surface area contributed by atoms with Crippen LogP contribution in [0.25, 0.3) is 0 Å². The van der Waals surface area contributed by atoms with Gasteiger partial charge in [0.1, 0.15) is 5.82 Å². The summed E-state index contributed by atoms with van der Waals surface area (Å²) in [4.78, 5) is 0. The highest BCUT2D eigenvalue weighted by Crippen LogP contribution is 2.24. The zero-order chi connectivity index (χ0) is 11.5. The maximum Gasteiger partial charge on any atom is 0.182 e. The van der Waals surface area contributed by atoms with Crippen LogP contribution in [-0.2, 0) is 0 Å². The van der Waals surface area contributed by atoms with Crippen LogP contribution in [0, 0.1) is 17.5 Å². The third-order valence-corrected chi connectivity index (χ3v) is 3.73. The molecular formula is C11H12F3NS. The molecule has 88 valence electrons. The molecule has 0 amide bonds. The van der Waals surface area contributed by atoms with Gasteiger partial charge in [-0.3, -0.25) is 0 Å². The Kier molecular flexibility index (Phi) is 3.63. The van der Waals surface area contributed by atoms with Gasteiger partial charge in [0.15, 0.2) is 11.6 Å². The van der Waals surface area contributed by atoms with E-state index in [1.165, 1.54) is 0 Å². The molecule has 1 aromatic carbocycles. The summed E-state index contributed by atoms with van der Waals surface area (Å²) in [5.41, 5.74) is -0.0787. The predicted octanol–water partition coefficient (Wildman–Crippen LogP) is 3.41. The number of anilines is 1. The van der Waals surface area contributed by atoms with E-state index in [0.29, 0.717) is 6.07 Å². The third-order valence-electron chi connectivity index (χ3n) is 2.51. The van der Waals surface area contributed by atoms with Crippen LogP contribution in [0.1, 0.15) is 12.8 Å². The van der Waals surface area contributed by atoms with Crippen molar-refractivity contribution in [1.82, 2.24) is 0 Å². The molecule has 1 atom stereocenters. The quantitative estimate of drug-likeness (QED) is 0.804. The van der Waals surface area contributed by atoms with E-state index in [1.807, 2.05) is 0 Å². The van der Waals surface area contributed by atoms with Crippen LogP contribution in [0.15, 0.2) is 12.1 Å². The van der Waals surface area contributed by atoms with Crippen LogP contribution in [0.3, 0.4) is 0 Å². The van der Waals surface area contributed by atoms with E-state index in [4.69, 9.17) is 0 Å². The number of thioether (sulfide) groups is 1. The first kappa shape index (κ1) is 11.6. The molecule has 0 aliphatic carbocycles. The smallest absolute Gasteiger partial charge is 0.182 e. The highest BCUT2D eigenvalue weighted by atomic mass is 32.2. The maximum absolute atomic E-state index is 13.3. The van der Waals surface area contributed by atoms with Gasteiger partial charge in [-0.25, -0.2) is 13.2 Å². The molecule has 1 aliphatic rings. The standard InChI is InChI=1S/C11H12F3NS/c12-7-4-9(13)11(14)10(5-7)15-8-2-1-3-16-6-8/h4-5,8,15H,1-3,6H2. The molecule has 5 heteroatoms. The summed E-state index contributed by atoms with van der Waals surface area (Å²) in [5.74, 6) is -0.969. The average molecular weight is 247 g/mol. The second kappa shape index (κ2) is 4.99. The number of hydrogen-bond acceptors (Lipinski definition) is 2. The van der Waals surface area contributed by atoms with Gasteiger partial charge in [0.05, 0.1) is 5.69 Å². The summed E-state index contributed by atoms with van der Waals surface area (Å²) < 4.78 is 39.2. The fourth-order valence-electron chi connectivity index (χ4n) is 1.74. The summed E-state index contributed by atoms with van der Waals surface area (Å²) in [6.07, 6.45) is 1.95. The Bertz CT molecular complexity index is 378. The lowest BCUT2D eigenvalue weighted by molar-refractivity contribution is 0.495. The van der Waals surface area contributed by atoms with Crippen molar-refractivity contribution in [1.29, 1.82) is 0 Å². The van der Waals surface area contributed by atoms with Crippen molar-refractivity contribution in [3.05, 3.63) is 29.6 Å². The summed E-state index contributed by atoms with van der Waals surface area (Å²) in [6.45, 7) is 0. The normalized spacial score (nSPS) is 20.8. The van der Waals surface area contributed by atoms with Crippen molar-refractivity contribution in [2.24, 2.45) is 0 Å². The molecule has 1 fully saturated rings. The highest BCUT2D eigenvalue weighted by molar-refractivity contribution is 7.99. The molecule has 1 aromatic rings. The molecule has 0 aromatic heterocycles. The minimum absolute atomic E-state index is 0.0787. The van der Waals surface area contributed by atoms with Crippen molar-refractivity contribution < 1.29 is 13.2 Å². The molecule has 1 saturated heterocycles. The Hall–Kier alpha value is -0.840. The molecular weight excluding hydrogens is 235 g/mol. The lowest BCUT2D eigenvalue weighted by Crippen LogP contribution is -2.26. The van der Waals surface area contributed by atoms with Crippen LogP contribution < -0.4 is 5.32 Å². The second-order valence-corrected chi connectivity index (χ2v) is 4.96. The van der Waals surface area contributed by atoms with Crippen molar-refractivity contribution in [3.63, 3.8) is 0 Å². The van der Waals surface area contributed by atoms with Crippen LogP contribution in [-0.4, -0.2) is 17.5 Å². The second-order valence-electron chi connectivity index (χ2n) is 3.81. The molecule has 0 radical (unpaired) electrons. The van der Waals surface area contributed by atoms with Crippen molar-refractivity contribution in [2.45, 2.75) is 18.9 Å². The molecule has 2 rings (SSSR count). The van der Waals surface area contributed by atoms with Crippen LogP contribution in [0.2, 0.25) is 0 Å². The summed E-state index contributed by atoms with van der Waals surface area (Å²) in [5, 5.41) is 2.85. The van der Waals surface area contributed by atoms with Crippen molar-refractivity contribution in [2.75, 3.05) is 16.8 Å². The van der Waals surface area contributed by atoms with E-state index in [-0.39, 0.29) is 11.7 Å². The van der Waals surface area contributed by atoms with Gasteiger partial charge in [0, 0.05) is 23.9 Å². The van der Waals surface area contributed by atoms with Gasteiger partial charge in [0.2, 0.25) is 0 Å². The van der Waals surface area contributed by atoms with Gasteiger partial charge >= 0.3 is 0 Å². The first-order chi connectivity index (χ1) is 7.66. The van der Waals surface area contributed by atoms with Crippen molar-refractivity contribution >= 4 is 17.4 Å². The molecule has 1 N–H and O–H groups in total. The Morgan fingerprint density at radius 2 is 2.06 bits per heavy atom. The topological polar surface area (TPSA) is 12.0 Å². The van der Waals surface area contributed by atoms with Gasteiger partial charge < -0.3 is 5.32 Å². The minimum Gasteiger partial charge on any atom is -0.379 e. The zero-order valence-corrected chi connectivity index (χ0v) is 9.42. The Balaban J connectivity index is 2.13. The van der Waals surface area contributed by atoms with E-state index < -0.39 is 17.5 Å². The van der Waals surface area contributed by atoms with Crippen LogP contribution in [0.5, 0.6) is 0 Å². The Morgan fingerprint density at radius 1 is 1.25 bits per heavy atom. The van der Waals surface area contributed by atoms with Gasteiger partial charge in [-0.1, -0.05) is 0 Å². The lowest BCUT2D eigenvalue weighted by Gasteiger charge is -2.23. The van der Waals surface area contributed by atoms with Crippen molar-refractivity contribution in [3.8, 4) is 0 Å². The summed E-state index contributed by atoms with van der Waals surface area (Å²) in [7, 11) is 0. The molecule has 1 aliphatic heterocycles. The number of rotatable bonds is 2. The van der Waals surface area contributed by atoms with E-state index in [1.54, 1.807) is 11.8 Å². The highest BCUT2D eigenvalue weighted by Gasteiger charge is 2.17. The Morgan fingerprint density at radius 3 is 2.75 bits per heavy atom. The predicted molar refractivity (Wildman–Crippen MR) is 60.3 cm³/mol. The molecule has 1 heterocycles. The third kappa shape index (κ3) is 2.64. The minimum atomic E-state index is -1.15. The fraction of sp³-hybridized carbons (Fsp3) is 0.455. The Labute approximate surface area is 96.4 Å². The molecule has 0 saturated carbocycles. The number of hydrogen-bond donors (Lipinski definition) is 1. The summed E-state index contributed by atoms with van der Waals surface area (Å²) in [6, 6.07) is 1.64. The molecule has 1 nitrogen and oxygen atoms in total. The van der Waals surface area contributed by atoms with Gasteiger partial charge in [0.25, 0.3) is 0 Å². The fourth-order valence-corrected chi connectivity index (χ4v) is 2.81. The lowest BCUT2D eigenvalue weighted by atomic mass is 10.1. The van der Waals surface area contributed by atoms with E-state index in [2.05, 4.69) is 5.32 Å². The van der Waals surface area contributed by atoms with E-state index >= 15 is 0 Å². The molecule has 16 heavy (non-hydrogen) atoms. The molecule has 1 unspecified atom stereocenters. The van der Waals surface area contributed by atoms with Gasteiger partial charge in [-0.05, 0) is 18.6 Å². The molecule has 0 spiro atoms. The first-order valence-corrected chi connectivity index (χ1v) is 6.31. The van der Waals surface area contributed by atoms with E-state index in [9.17, 15) is 13.2 Å². The first-order valence-electron chi connectivity index (χ1n) is 5.15. The molecule has 0 bridgehead atoms. The number of benzene rings is 1. The van der Waals surface area contributed by atoms with Gasteiger partial charge in [-0.15, -0.1) is 0 Å². The SMILES string of the molecule is Fc1cc(F)c(F)c(NC2CCCSC2)c1. The number of halogens is 3. The number of nitrogens with one attached hydrogen (secondary N) is 1. The average Bonchev–Trinajstić information content (AvgIpc) is 2.27.